The first-order valence-electron chi connectivity index (χ1n) is 9.69. The first-order chi connectivity index (χ1) is 13.9. The van der Waals surface area contributed by atoms with Crippen molar-refractivity contribution in [3.05, 3.63) is 66.8 Å². The molecule has 0 spiro atoms. The van der Waals surface area contributed by atoms with Crippen molar-refractivity contribution in [2.45, 2.75) is 76.7 Å². The highest BCUT2D eigenvalue weighted by atomic mass is 16.4. The lowest BCUT2D eigenvalue weighted by atomic mass is 9.89. The van der Waals surface area contributed by atoms with Crippen LogP contribution in [0.15, 0.2) is 5.16 Å². The minimum atomic E-state index is 0. The van der Waals surface area contributed by atoms with Crippen LogP contribution in [-0.4, -0.2) is 16.3 Å². The van der Waals surface area contributed by atoms with E-state index in [0.29, 0.717) is 0 Å². The molecule has 0 aliphatic heterocycles. The summed E-state index contributed by atoms with van der Waals surface area (Å²) in [5.74, 6) is 3.69. The number of nitrogens with zero attached hydrogens (tertiary/aromatic N) is 2. The third-order valence-electron chi connectivity index (χ3n) is 6.48. The van der Waals surface area contributed by atoms with Crippen LogP contribution in [0.4, 0.5) is 0 Å². The van der Waals surface area contributed by atoms with E-state index in [1.54, 1.807) is 0 Å². The van der Waals surface area contributed by atoms with Gasteiger partial charge in [-0.05, 0) is 125 Å². The monoisotopic (exact) mass is 428 g/mol. The number of amidine groups is 1. The van der Waals surface area contributed by atoms with Gasteiger partial charge in [0.25, 0.3) is 0 Å². The molecule has 2 rings (SSSR count). The highest BCUT2D eigenvalue weighted by molar-refractivity contribution is 6.00. The molecule has 2 aromatic rings. The maximum Gasteiger partial charge on any atom is 0.170 e. The van der Waals surface area contributed by atoms with Gasteiger partial charge in [-0.25, -0.2) is 5.90 Å². The normalized spacial score (nSPS) is 10.1. The number of nitrogens with two attached hydrogens (primary N) is 2. The van der Waals surface area contributed by atoms with Gasteiger partial charge in [0.2, 0.25) is 0 Å². The topological polar surface area (TPSA) is 129 Å². The van der Waals surface area contributed by atoms with Gasteiger partial charge in [-0.15, -0.1) is 0 Å². The Balaban J connectivity index is 0. The number of oxime groups is 1. The maximum absolute atomic E-state index is 8.99. The summed E-state index contributed by atoms with van der Waals surface area (Å²) in [5.41, 5.74) is 19.3. The molecule has 172 valence electrons. The summed E-state index contributed by atoms with van der Waals surface area (Å²) in [6.07, 6.45) is 0. The van der Waals surface area contributed by atoms with E-state index in [0.717, 1.165) is 33.4 Å². The Kier molecular flexibility index (Phi) is 12.5. The molecule has 0 bridgehead atoms. The first-order valence-corrected chi connectivity index (χ1v) is 9.69. The third kappa shape index (κ3) is 6.06. The number of hydrogen-bond acceptors (Lipinski definition) is 5. The fourth-order valence-electron chi connectivity index (χ4n) is 3.60. The second kappa shape index (κ2) is 12.7. The lowest BCUT2D eigenvalue weighted by Crippen LogP contribution is -2.18. The third-order valence-corrected chi connectivity index (χ3v) is 6.48. The van der Waals surface area contributed by atoms with E-state index in [2.05, 4.69) is 58.7 Å². The number of benzene rings is 2. The van der Waals surface area contributed by atoms with E-state index >= 15 is 0 Å². The molecule has 0 aliphatic carbocycles. The molecule has 6 heteroatoms. The van der Waals surface area contributed by atoms with Crippen molar-refractivity contribution in [3.63, 3.8) is 0 Å². The molecule has 6 nitrogen and oxygen atoms in total. The molecule has 6 N–H and O–H groups in total. The van der Waals surface area contributed by atoms with E-state index < -0.39 is 0 Å². The van der Waals surface area contributed by atoms with Crippen LogP contribution in [0, 0.1) is 80.6 Å². The smallest absolute Gasteiger partial charge is 0.170 e. The van der Waals surface area contributed by atoms with Crippen molar-refractivity contribution >= 4 is 5.84 Å². The molecule has 0 radical (unpaired) electrons. The van der Waals surface area contributed by atoms with Gasteiger partial charge in [0.1, 0.15) is 0 Å². The summed E-state index contributed by atoms with van der Waals surface area (Å²) in [6.45, 7) is 20.5. The molecule has 0 aromatic heterocycles. The highest BCUT2D eigenvalue weighted by Gasteiger charge is 2.15. The van der Waals surface area contributed by atoms with Crippen molar-refractivity contribution in [1.82, 2.24) is 0 Å². The molecule has 0 atom stereocenters. The number of rotatable bonds is 1. The molecule has 0 aliphatic rings. The van der Waals surface area contributed by atoms with E-state index in [1.807, 2.05) is 27.7 Å². The molecule has 0 fully saturated rings. The van der Waals surface area contributed by atoms with Crippen LogP contribution in [-0.2, 0) is 0 Å². The van der Waals surface area contributed by atoms with Crippen LogP contribution < -0.4 is 11.6 Å². The second-order valence-corrected chi connectivity index (χ2v) is 7.60. The molecular weight excluding hydrogens is 388 g/mol. The fourth-order valence-corrected chi connectivity index (χ4v) is 3.60. The molecule has 31 heavy (non-hydrogen) atoms. The van der Waals surface area contributed by atoms with Crippen LogP contribution in [0.5, 0.6) is 0 Å². The Morgan fingerprint density at radius 1 is 0.645 bits per heavy atom. The van der Waals surface area contributed by atoms with Gasteiger partial charge in [-0.3, -0.25) is 0 Å². The first kappa shape index (κ1) is 30.3. The van der Waals surface area contributed by atoms with Crippen LogP contribution in [0.1, 0.15) is 74.2 Å². The largest absolute Gasteiger partial charge is 0.409 e. The standard InChI is InChI=1S/C12H18N2O.C12H15N.CH4.H3NO/c1-6-7(2)9(4)11(12(13)14-15)10(5)8(6)3;1-7-8(2)10(4)12(6-13)11(5)9(7)3;;1-2/h15H,1-5H3,(H2,13,14);1-5H3;1H4;2H,1H2. The van der Waals surface area contributed by atoms with Gasteiger partial charge in [0.05, 0.1) is 11.6 Å². The van der Waals surface area contributed by atoms with Crippen molar-refractivity contribution < 1.29 is 10.4 Å². The van der Waals surface area contributed by atoms with Gasteiger partial charge in [0.15, 0.2) is 5.84 Å². The Morgan fingerprint density at radius 2 is 0.903 bits per heavy atom. The van der Waals surface area contributed by atoms with Crippen molar-refractivity contribution in [2.24, 2.45) is 16.8 Å². The van der Waals surface area contributed by atoms with E-state index in [-0.39, 0.29) is 13.3 Å². The van der Waals surface area contributed by atoms with Gasteiger partial charge in [-0.1, -0.05) is 12.6 Å². The Labute approximate surface area is 188 Å². The number of nitriles is 1. The molecule has 0 amide bonds. The van der Waals surface area contributed by atoms with E-state index in [1.165, 1.54) is 33.4 Å². The van der Waals surface area contributed by atoms with Gasteiger partial charge in [0, 0.05) is 5.56 Å². The van der Waals surface area contributed by atoms with Crippen LogP contribution in [0.2, 0.25) is 0 Å². The molecular formula is C25H40N4O2. The zero-order valence-corrected chi connectivity index (χ0v) is 19.9. The zero-order valence-electron chi connectivity index (χ0n) is 19.9. The summed E-state index contributed by atoms with van der Waals surface area (Å²) in [4.78, 5) is 0. The summed E-state index contributed by atoms with van der Waals surface area (Å²) >= 11 is 0. The van der Waals surface area contributed by atoms with Crippen molar-refractivity contribution in [3.8, 4) is 6.07 Å². The molecule has 0 heterocycles. The fraction of sp³-hybridized carbons (Fsp3) is 0.440. The average Bonchev–Trinajstić information content (AvgIpc) is 2.75. The molecule has 0 saturated carbocycles. The minimum absolute atomic E-state index is 0. The molecule has 0 saturated heterocycles. The minimum Gasteiger partial charge on any atom is -0.409 e. The summed E-state index contributed by atoms with van der Waals surface area (Å²) in [5, 5.41) is 27.3. The maximum atomic E-state index is 8.99. The van der Waals surface area contributed by atoms with Gasteiger partial charge in [-0.2, -0.15) is 5.26 Å². The van der Waals surface area contributed by atoms with Crippen LogP contribution >= 0.6 is 0 Å². The van der Waals surface area contributed by atoms with Crippen LogP contribution in [0.25, 0.3) is 0 Å². The second-order valence-electron chi connectivity index (χ2n) is 7.60. The van der Waals surface area contributed by atoms with E-state index in [9.17, 15) is 0 Å². The quantitative estimate of drug-likeness (QED) is 0.209. The molecule has 2 aromatic carbocycles. The van der Waals surface area contributed by atoms with Gasteiger partial charge < -0.3 is 16.1 Å². The number of hydrogen-bond donors (Lipinski definition) is 4. The van der Waals surface area contributed by atoms with E-state index in [4.69, 9.17) is 21.4 Å². The Hall–Kier alpha value is -2.88. The highest BCUT2D eigenvalue weighted by Crippen LogP contribution is 2.26. The summed E-state index contributed by atoms with van der Waals surface area (Å²) in [7, 11) is 0. The Morgan fingerprint density at radius 3 is 1.16 bits per heavy atom. The SMILES string of the molecule is C.Cc1c(C)c(C)c(/C(N)=N/O)c(C)c1C.Cc1c(C)c(C)c(C#N)c(C)c1C.NO. The lowest BCUT2D eigenvalue weighted by molar-refractivity contribution is 0.311. The summed E-state index contributed by atoms with van der Waals surface area (Å²) in [6, 6.07) is 2.27. The van der Waals surface area contributed by atoms with Crippen LogP contribution in [0.3, 0.4) is 0 Å². The van der Waals surface area contributed by atoms with Crippen molar-refractivity contribution in [1.29, 1.82) is 5.26 Å². The molecule has 0 unspecified atom stereocenters. The predicted octanol–water partition coefficient (Wildman–Crippen LogP) is 5.39. The van der Waals surface area contributed by atoms with Gasteiger partial charge >= 0.3 is 0 Å². The Bertz CT molecular complexity index is 942. The summed E-state index contributed by atoms with van der Waals surface area (Å²) < 4.78 is 0. The lowest BCUT2D eigenvalue weighted by Gasteiger charge is -2.17. The van der Waals surface area contributed by atoms with Crippen molar-refractivity contribution in [2.75, 3.05) is 0 Å². The zero-order chi connectivity index (χ0) is 23.9. The predicted molar refractivity (Wildman–Crippen MR) is 130 cm³/mol. The average molecular weight is 429 g/mol.